The fourth-order valence-electron chi connectivity index (χ4n) is 2.17. The van der Waals surface area contributed by atoms with E-state index >= 15 is 0 Å². The molecule has 0 aliphatic heterocycles. The highest BCUT2D eigenvalue weighted by molar-refractivity contribution is 6.62. The fraction of sp³-hybridized carbons (Fsp3) is 0.500. The van der Waals surface area contributed by atoms with Crippen molar-refractivity contribution in [3.8, 4) is 0 Å². The molecule has 1 rings (SSSR count). The standard InChI is InChI=1S/C12H21NO3Si/c1-5-12(17(14-2,15-3)16-4)10-8-6-7-9-11(10)13/h6-9,12H,5,13H2,1-4H3. The molecule has 1 aromatic carbocycles. The summed E-state index contributed by atoms with van der Waals surface area (Å²) in [7, 11) is 2.18. The van der Waals surface area contributed by atoms with Crippen LogP contribution in [0.1, 0.15) is 24.4 Å². The molecule has 96 valence electrons. The van der Waals surface area contributed by atoms with Gasteiger partial charge in [0.25, 0.3) is 0 Å². The van der Waals surface area contributed by atoms with Gasteiger partial charge in [0.2, 0.25) is 0 Å². The molecular formula is C12H21NO3Si. The van der Waals surface area contributed by atoms with E-state index in [1.165, 1.54) is 0 Å². The summed E-state index contributed by atoms with van der Waals surface area (Å²) in [6.07, 6.45) is 0.857. The first-order chi connectivity index (χ1) is 8.15. The van der Waals surface area contributed by atoms with Gasteiger partial charge in [-0.1, -0.05) is 25.1 Å². The minimum atomic E-state index is -2.70. The van der Waals surface area contributed by atoms with E-state index in [0.717, 1.165) is 17.7 Å². The number of hydrogen-bond donors (Lipinski definition) is 1. The van der Waals surface area contributed by atoms with Crippen LogP contribution < -0.4 is 5.73 Å². The maximum atomic E-state index is 6.01. The SMILES string of the molecule is CCC(c1ccccc1N)[Si](OC)(OC)OC. The van der Waals surface area contributed by atoms with Gasteiger partial charge in [0.1, 0.15) is 0 Å². The predicted octanol–water partition coefficient (Wildman–Crippen LogP) is 2.18. The van der Waals surface area contributed by atoms with Gasteiger partial charge in [0.05, 0.1) is 5.54 Å². The third kappa shape index (κ3) is 2.69. The number of nitrogen functional groups attached to an aromatic ring is 1. The Morgan fingerprint density at radius 1 is 1.12 bits per heavy atom. The lowest BCUT2D eigenvalue weighted by Crippen LogP contribution is -2.49. The molecule has 1 unspecified atom stereocenters. The van der Waals surface area contributed by atoms with E-state index in [1.807, 2.05) is 24.3 Å². The molecule has 0 aliphatic rings. The quantitative estimate of drug-likeness (QED) is 0.625. The van der Waals surface area contributed by atoms with Crippen molar-refractivity contribution in [2.75, 3.05) is 27.1 Å². The Labute approximate surface area is 104 Å². The predicted molar refractivity (Wildman–Crippen MR) is 70.7 cm³/mol. The van der Waals surface area contributed by atoms with Crippen molar-refractivity contribution in [3.63, 3.8) is 0 Å². The molecule has 0 spiro atoms. The zero-order valence-electron chi connectivity index (χ0n) is 10.9. The molecule has 5 heteroatoms. The summed E-state index contributed by atoms with van der Waals surface area (Å²) in [5, 5.41) is 0. The summed E-state index contributed by atoms with van der Waals surface area (Å²) in [6.45, 7) is 2.08. The van der Waals surface area contributed by atoms with Crippen LogP contribution in [0.5, 0.6) is 0 Å². The fourth-order valence-corrected chi connectivity index (χ4v) is 4.66. The van der Waals surface area contributed by atoms with Crippen LogP contribution in [0.15, 0.2) is 24.3 Å². The third-order valence-corrected chi connectivity index (χ3v) is 6.34. The first-order valence-electron chi connectivity index (χ1n) is 5.65. The highest BCUT2D eigenvalue weighted by Crippen LogP contribution is 2.34. The first-order valence-corrected chi connectivity index (χ1v) is 7.45. The van der Waals surface area contributed by atoms with Crippen LogP contribution in [0, 0.1) is 0 Å². The van der Waals surface area contributed by atoms with E-state index in [4.69, 9.17) is 19.0 Å². The molecule has 0 bridgehead atoms. The van der Waals surface area contributed by atoms with Crippen LogP contribution in [0.4, 0.5) is 5.69 Å². The molecular weight excluding hydrogens is 234 g/mol. The minimum Gasteiger partial charge on any atom is -0.399 e. The molecule has 0 heterocycles. The second-order valence-electron chi connectivity index (χ2n) is 3.81. The van der Waals surface area contributed by atoms with Gasteiger partial charge in [0.15, 0.2) is 0 Å². The molecule has 1 atom stereocenters. The molecule has 0 aliphatic carbocycles. The summed E-state index contributed by atoms with van der Waals surface area (Å²) in [5.41, 5.74) is 7.86. The molecule has 1 aromatic rings. The lowest BCUT2D eigenvalue weighted by atomic mass is 10.1. The van der Waals surface area contributed by atoms with Crippen molar-refractivity contribution in [1.82, 2.24) is 0 Å². The van der Waals surface area contributed by atoms with Crippen molar-refractivity contribution >= 4 is 14.5 Å². The van der Waals surface area contributed by atoms with Crippen LogP contribution in [0.25, 0.3) is 0 Å². The Hall–Kier alpha value is -0.883. The molecule has 0 fully saturated rings. The smallest absolute Gasteiger partial charge is 0.399 e. The molecule has 4 nitrogen and oxygen atoms in total. The van der Waals surface area contributed by atoms with E-state index in [9.17, 15) is 0 Å². The number of rotatable bonds is 6. The normalized spacial score (nSPS) is 13.6. The monoisotopic (exact) mass is 255 g/mol. The molecule has 0 amide bonds. The Morgan fingerprint density at radius 2 is 1.65 bits per heavy atom. The lowest BCUT2D eigenvalue weighted by Gasteiger charge is -2.32. The van der Waals surface area contributed by atoms with E-state index in [1.54, 1.807) is 21.3 Å². The summed E-state index contributed by atoms with van der Waals surface area (Å²) in [5.74, 6) is 0. The second kappa shape index (κ2) is 6.16. The van der Waals surface area contributed by atoms with Gasteiger partial charge in [-0.15, -0.1) is 0 Å². The van der Waals surface area contributed by atoms with E-state index in [2.05, 4.69) is 6.92 Å². The number of nitrogens with two attached hydrogens (primary N) is 1. The summed E-state index contributed by atoms with van der Waals surface area (Å²) < 4.78 is 16.6. The van der Waals surface area contributed by atoms with E-state index in [-0.39, 0.29) is 5.54 Å². The van der Waals surface area contributed by atoms with Crippen LogP contribution in [-0.2, 0) is 13.3 Å². The van der Waals surface area contributed by atoms with Crippen LogP contribution >= 0.6 is 0 Å². The second-order valence-corrected chi connectivity index (χ2v) is 6.93. The van der Waals surface area contributed by atoms with Crippen molar-refractivity contribution in [1.29, 1.82) is 0 Å². The van der Waals surface area contributed by atoms with Crippen LogP contribution in [0.3, 0.4) is 0 Å². The Bertz CT molecular complexity index is 347. The van der Waals surface area contributed by atoms with Gasteiger partial charge < -0.3 is 19.0 Å². The zero-order chi connectivity index (χ0) is 12.9. The van der Waals surface area contributed by atoms with Gasteiger partial charge in [-0.3, -0.25) is 0 Å². The summed E-state index contributed by atoms with van der Waals surface area (Å²) in [4.78, 5) is 0. The third-order valence-electron chi connectivity index (χ3n) is 3.06. The minimum absolute atomic E-state index is 0.0590. The molecule has 0 saturated carbocycles. The van der Waals surface area contributed by atoms with Crippen LogP contribution in [-0.4, -0.2) is 30.1 Å². The molecule has 2 N–H and O–H groups in total. The number of hydrogen-bond acceptors (Lipinski definition) is 4. The van der Waals surface area contributed by atoms with Crippen molar-refractivity contribution in [2.45, 2.75) is 18.9 Å². The van der Waals surface area contributed by atoms with Crippen molar-refractivity contribution < 1.29 is 13.3 Å². The average molecular weight is 255 g/mol. The Kier molecular flexibility index (Phi) is 5.14. The highest BCUT2D eigenvalue weighted by atomic mass is 28.4. The number of benzene rings is 1. The highest BCUT2D eigenvalue weighted by Gasteiger charge is 2.47. The van der Waals surface area contributed by atoms with Gasteiger partial charge >= 0.3 is 8.80 Å². The van der Waals surface area contributed by atoms with Crippen molar-refractivity contribution in [2.24, 2.45) is 0 Å². The maximum Gasteiger partial charge on any atom is 0.508 e. The first kappa shape index (κ1) is 14.2. The van der Waals surface area contributed by atoms with Gasteiger partial charge in [0, 0.05) is 27.0 Å². The molecule has 0 saturated heterocycles. The lowest BCUT2D eigenvalue weighted by molar-refractivity contribution is 0.111. The summed E-state index contributed by atoms with van der Waals surface area (Å²) in [6, 6.07) is 7.77. The van der Waals surface area contributed by atoms with Crippen LogP contribution in [0.2, 0.25) is 0 Å². The van der Waals surface area contributed by atoms with Gasteiger partial charge in [-0.05, 0) is 18.1 Å². The van der Waals surface area contributed by atoms with E-state index < -0.39 is 8.80 Å². The zero-order valence-corrected chi connectivity index (χ0v) is 11.9. The molecule has 0 aromatic heterocycles. The van der Waals surface area contributed by atoms with Gasteiger partial charge in [-0.25, -0.2) is 0 Å². The summed E-state index contributed by atoms with van der Waals surface area (Å²) >= 11 is 0. The topological polar surface area (TPSA) is 53.7 Å². The number of para-hydroxylation sites is 1. The van der Waals surface area contributed by atoms with Crippen molar-refractivity contribution in [3.05, 3.63) is 29.8 Å². The molecule has 17 heavy (non-hydrogen) atoms. The van der Waals surface area contributed by atoms with Gasteiger partial charge in [-0.2, -0.15) is 0 Å². The Balaban J connectivity index is 3.18. The average Bonchev–Trinajstić information content (AvgIpc) is 2.38. The Morgan fingerprint density at radius 3 is 2.06 bits per heavy atom. The number of anilines is 1. The maximum absolute atomic E-state index is 6.01. The molecule has 0 radical (unpaired) electrons. The largest absolute Gasteiger partial charge is 0.508 e. The van der Waals surface area contributed by atoms with E-state index in [0.29, 0.717) is 0 Å².